The quantitative estimate of drug-likeness (QED) is 0.597. The van der Waals surface area contributed by atoms with Gasteiger partial charge in [0.1, 0.15) is 0 Å². The third kappa shape index (κ3) is 7.58. The first-order chi connectivity index (χ1) is 8.22. The second-order valence-corrected chi connectivity index (χ2v) is 4.85. The van der Waals surface area contributed by atoms with E-state index in [1.807, 2.05) is 12.1 Å². The summed E-state index contributed by atoms with van der Waals surface area (Å²) in [5, 5.41) is 6.04. The summed E-state index contributed by atoms with van der Waals surface area (Å²) >= 11 is 1.57. The molecule has 1 rings (SSSR count). The highest BCUT2D eigenvalue weighted by molar-refractivity contribution is 8.00. The number of benzene rings is 1. The first-order valence-electron chi connectivity index (χ1n) is 5.89. The number of hydrogen-bond acceptors (Lipinski definition) is 3. The zero-order valence-corrected chi connectivity index (χ0v) is 12.5. The van der Waals surface area contributed by atoms with E-state index in [2.05, 4.69) is 36.6 Å². The minimum atomic E-state index is 0. The highest BCUT2D eigenvalue weighted by atomic mass is 35.5. The van der Waals surface area contributed by atoms with Crippen molar-refractivity contribution in [2.24, 2.45) is 0 Å². The molecule has 0 fully saturated rings. The standard InChI is InChI=1S/C13H20N2OS.ClH/c1-3-14-8-9-15-13(16)10-17-12-6-4-11(2)5-7-12;/h4-7,14H,3,8-10H2,1-2H3,(H,15,16);1H. The van der Waals surface area contributed by atoms with Crippen LogP contribution in [-0.4, -0.2) is 31.3 Å². The van der Waals surface area contributed by atoms with Crippen LogP contribution in [0.1, 0.15) is 12.5 Å². The number of carbonyl (C=O) groups excluding carboxylic acids is 1. The molecule has 3 nitrogen and oxygen atoms in total. The van der Waals surface area contributed by atoms with Crippen LogP contribution in [0, 0.1) is 6.92 Å². The van der Waals surface area contributed by atoms with Gasteiger partial charge in [-0.05, 0) is 25.6 Å². The Morgan fingerprint density at radius 1 is 1.22 bits per heavy atom. The first-order valence-corrected chi connectivity index (χ1v) is 6.88. The fourth-order valence-electron chi connectivity index (χ4n) is 1.30. The van der Waals surface area contributed by atoms with Crippen molar-refractivity contribution in [3.05, 3.63) is 29.8 Å². The van der Waals surface area contributed by atoms with E-state index < -0.39 is 0 Å². The predicted octanol–water partition coefficient (Wildman–Crippen LogP) is 2.23. The maximum Gasteiger partial charge on any atom is 0.230 e. The molecule has 0 aliphatic carbocycles. The molecule has 0 atom stereocenters. The maximum atomic E-state index is 11.5. The van der Waals surface area contributed by atoms with Gasteiger partial charge in [-0.3, -0.25) is 4.79 Å². The lowest BCUT2D eigenvalue weighted by Gasteiger charge is -2.05. The topological polar surface area (TPSA) is 41.1 Å². The van der Waals surface area contributed by atoms with Crippen LogP contribution in [-0.2, 0) is 4.79 Å². The summed E-state index contributed by atoms with van der Waals surface area (Å²) in [4.78, 5) is 12.6. The van der Waals surface area contributed by atoms with E-state index in [9.17, 15) is 4.79 Å². The average Bonchev–Trinajstić information content (AvgIpc) is 2.34. The van der Waals surface area contributed by atoms with Gasteiger partial charge in [0, 0.05) is 18.0 Å². The largest absolute Gasteiger partial charge is 0.354 e. The lowest BCUT2D eigenvalue weighted by atomic mass is 10.2. The lowest BCUT2D eigenvalue weighted by Crippen LogP contribution is -2.32. The van der Waals surface area contributed by atoms with Crippen molar-refractivity contribution in [1.29, 1.82) is 0 Å². The summed E-state index contributed by atoms with van der Waals surface area (Å²) in [6.07, 6.45) is 0. The highest BCUT2D eigenvalue weighted by Crippen LogP contribution is 2.17. The highest BCUT2D eigenvalue weighted by Gasteiger charge is 2.01. The molecule has 0 saturated carbocycles. The molecule has 0 aliphatic rings. The number of halogens is 1. The molecule has 0 bridgehead atoms. The molecule has 0 saturated heterocycles. The molecular formula is C13H21ClN2OS. The first kappa shape index (κ1) is 17.3. The summed E-state index contributed by atoms with van der Waals surface area (Å²) in [6.45, 7) is 6.57. The molecule has 0 heterocycles. The Morgan fingerprint density at radius 2 is 1.89 bits per heavy atom. The van der Waals surface area contributed by atoms with Crippen molar-refractivity contribution in [2.45, 2.75) is 18.7 Å². The summed E-state index contributed by atoms with van der Waals surface area (Å²) in [5.41, 5.74) is 1.24. The molecule has 1 aromatic rings. The smallest absolute Gasteiger partial charge is 0.230 e. The van der Waals surface area contributed by atoms with E-state index in [-0.39, 0.29) is 18.3 Å². The van der Waals surface area contributed by atoms with Crippen molar-refractivity contribution < 1.29 is 4.79 Å². The third-order valence-corrected chi connectivity index (χ3v) is 3.28. The molecular weight excluding hydrogens is 268 g/mol. The molecule has 5 heteroatoms. The summed E-state index contributed by atoms with van der Waals surface area (Å²) < 4.78 is 0. The van der Waals surface area contributed by atoms with Crippen LogP contribution in [0.15, 0.2) is 29.2 Å². The fraction of sp³-hybridized carbons (Fsp3) is 0.462. The number of aryl methyl sites for hydroxylation is 1. The van der Waals surface area contributed by atoms with Gasteiger partial charge in [-0.15, -0.1) is 24.2 Å². The number of likely N-dealkylation sites (N-methyl/N-ethyl adjacent to an activating group) is 1. The number of nitrogens with one attached hydrogen (secondary N) is 2. The second kappa shape index (κ2) is 10.2. The molecule has 1 amide bonds. The van der Waals surface area contributed by atoms with Gasteiger partial charge in [0.2, 0.25) is 5.91 Å². The van der Waals surface area contributed by atoms with Crippen LogP contribution in [0.25, 0.3) is 0 Å². The van der Waals surface area contributed by atoms with E-state index in [1.54, 1.807) is 11.8 Å². The number of carbonyl (C=O) groups is 1. The van der Waals surface area contributed by atoms with Crippen molar-refractivity contribution in [3.8, 4) is 0 Å². The Bertz CT molecular complexity index is 343. The van der Waals surface area contributed by atoms with E-state index in [4.69, 9.17) is 0 Å². The monoisotopic (exact) mass is 288 g/mol. The Hall–Kier alpha value is -0.710. The van der Waals surface area contributed by atoms with Gasteiger partial charge in [-0.2, -0.15) is 0 Å². The van der Waals surface area contributed by atoms with Gasteiger partial charge in [0.05, 0.1) is 5.75 Å². The minimum Gasteiger partial charge on any atom is -0.354 e. The van der Waals surface area contributed by atoms with E-state index in [1.165, 1.54) is 5.56 Å². The van der Waals surface area contributed by atoms with E-state index >= 15 is 0 Å². The van der Waals surface area contributed by atoms with E-state index in [0.717, 1.165) is 18.0 Å². The van der Waals surface area contributed by atoms with Gasteiger partial charge in [0.15, 0.2) is 0 Å². The molecule has 0 aromatic heterocycles. The average molecular weight is 289 g/mol. The van der Waals surface area contributed by atoms with Crippen LogP contribution >= 0.6 is 24.2 Å². The molecule has 0 unspecified atom stereocenters. The van der Waals surface area contributed by atoms with Crippen LogP contribution in [0.3, 0.4) is 0 Å². The molecule has 0 aliphatic heterocycles. The maximum absolute atomic E-state index is 11.5. The molecule has 0 radical (unpaired) electrons. The summed E-state index contributed by atoms with van der Waals surface area (Å²) in [5.74, 6) is 0.573. The number of thioether (sulfide) groups is 1. The molecule has 102 valence electrons. The molecule has 2 N–H and O–H groups in total. The molecule has 1 aromatic carbocycles. The Morgan fingerprint density at radius 3 is 2.50 bits per heavy atom. The zero-order chi connectivity index (χ0) is 12.5. The van der Waals surface area contributed by atoms with Crippen molar-refractivity contribution in [3.63, 3.8) is 0 Å². The van der Waals surface area contributed by atoms with Gasteiger partial charge >= 0.3 is 0 Å². The number of amides is 1. The Balaban J connectivity index is 0.00000289. The van der Waals surface area contributed by atoms with Gasteiger partial charge in [0.25, 0.3) is 0 Å². The number of rotatable bonds is 7. The second-order valence-electron chi connectivity index (χ2n) is 3.81. The fourth-order valence-corrected chi connectivity index (χ4v) is 2.03. The third-order valence-electron chi connectivity index (χ3n) is 2.26. The van der Waals surface area contributed by atoms with E-state index in [0.29, 0.717) is 12.3 Å². The Kier molecular flexibility index (Phi) is 9.83. The predicted molar refractivity (Wildman–Crippen MR) is 80.7 cm³/mol. The van der Waals surface area contributed by atoms with Crippen molar-refractivity contribution >= 4 is 30.1 Å². The van der Waals surface area contributed by atoms with Crippen LogP contribution in [0.2, 0.25) is 0 Å². The van der Waals surface area contributed by atoms with Crippen LogP contribution in [0.4, 0.5) is 0 Å². The molecule has 0 spiro atoms. The van der Waals surface area contributed by atoms with Gasteiger partial charge in [-0.25, -0.2) is 0 Å². The lowest BCUT2D eigenvalue weighted by molar-refractivity contribution is -0.118. The van der Waals surface area contributed by atoms with Gasteiger partial charge in [-0.1, -0.05) is 24.6 Å². The normalized spacial score (nSPS) is 9.67. The van der Waals surface area contributed by atoms with Crippen LogP contribution < -0.4 is 10.6 Å². The summed E-state index contributed by atoms with van der Waals surface area (Å²) in [7, 11) is 0. The summed E-state index contributed by atoms with van der Waals surface area (Å²) in [6, 6.07) is 8.22. The Labute approximate surface area is 120 Å². The van der Waals surface area contributed by atoms with Crippen LogP contribution in [0.5, 0.6) is 0 Å². The zero-order valence-electron chi connectivity index (χ0n) is 10.9. The SMILES string of the molecule is CCNCCNC(=O)CSc1ccc(C)cc1.Cl. The van der Waals surface area contributed by atoms with Gasteiger partial charge < -0.3 is 10.6 Å². The van der Waals surface area contributed by atoms with Crippen molar-refractivity contribution in [2.75, 3.05) is 25.4 Å². The minimum absolute atomic E-state index is 0. The number of hydrogen-bond donors (Lipinski definition) is 2. The van der Waals surface area contributed by atoms with Crippen molar-refractivity contribution in [1.82, 2.24) is 10.6 Å². The molecule has 18 heavy (non-hydrogen) atoms.